The van der Waals surface area contributed by atoms with Crippen LogP contribution in [0.25, 0.3) is 33.7 Å². The van der Waals surface area contributed by atoms with Gasteiger partial charge in [0, 0.05) is 43.0 Å². The van der Waals surface area contributed by atoms with Crippen LogP contribution in [0.2, 0.25) is 0 Å². The third kappa shape index (κ3) is 4.15. The molecule has 36 heavy (non-hydrogen) atoms. The zero-order chi connectivity index (χ0) is 24.5. The first-order valence-corrected chi connectivity index (χ1v) is 12.8. The highest BCUT2D eigenvalue weighted by molar-refractivity contribution is 5.90. The van der Waals surface area contributed by atoms with Gasteiger partial charge in [0.2, 0.25) is 5.91 Å². The van der Waals surface area contributed by atoms with E-state index in [1.165, 1.54) is 0 Å². The van der Waals surface area contributed by atoms with E-state index in [1.807, 2.05) is 64.1 Å². The summed E-state index contributed by atoms with van der Waals surface area (Å²) in [7, 11) is 0. The molecule has 1 saturated heterocycles. The molecule has 1 aliphatic carbocycles. The van der Waals surface area contributed by atoms with Gasteiger partial charge < -0.3 is 4.90 Å². The summed E-state index contributed by atoms with van der Waals surface area (Å²) in [5, 5.41) is 9.75. The second kappa shape index (κ2) is 9.57. The summed E-state index contributed by atoms with van der Waals surface area (Å²) >= 11 is 0. The number of pyridine rings is 1. The third-order valence-electron chi connectivity index (χ3n) is 7.27. The van der Waals surface area contributed by atoms with Crippen LogP contribution in [-0.2, 0) is 4.79 Å². The van der Waals surface area contributed by atoms with Crippen LogP contribution in [0, 0.1) is 0 Å². The summed E-state index contributed by atoms with van der Waals surface area (Å²) in [6.45, 7) is 1.68. The number of carbonyl (C=O) groups excluding carboxylic acids is 1. The Bertz CT molecular complexity index is 1510. The van der Waals surface area contributed by atoms with Crippen molar-refractivity contribution in [3.8, 4) is 22.5 Å². The Hall–Kier alpha value is -4.00. The molecular formula is C29H29N5O2. The lowest BCUT2D eigenvalue weighted by Gasteiger charge is -2.23. The SMILES string of the molecule is O=C(CC1=C(n2nc(-c3c(-c4ccccc4)nn4ccccc34)ccc2=O)CCCC1)N1CCCC1. The number of hydrogen-bond donors (Lipinski definition) is 0. The molecule has 182 valence electrons. The van der Waals surface area contributed by atoms with Crippen LogP contribution in [0.4, 0.5) is 0 Å². The molecule has 3 aromatic heterocycles. The van der Waals surface area contributed by atoms with E-state index >= 15 is 0 Å². The first-order valence-electron chi connectivity index (χ1n) is 12.8. The van der Waals surface area contributed by atoms with Crippen LogP contribution >= 0.6 is 0 Å². The van der Waals surface area contributed by atoms with Gasteiger partial charge in [-0.3, -0.25) is 9.59 Å². The van der Waals surface area contributed by atoms with E-state index in [1.54, 1.807) is 16.8 Å². The minimum Gasteiger partial charge on any atom is -0.342 e. The first kappa shape index (κ1) is 22.5. The number of likely N-dealkylation sites (tertiary alicyclic amines) is 1. The lowest BCUT2D eigenvalue weighted by Crippen LogP contribution is -2.29. The fourth-order valence-corrected chi connectivity index (χ4v) is 5.45. The molecule has 0 saturated carbocycles. The Labute approximate surface area is 209 Å². The Balaban J connectivity index is 1.47. The van der Waals surface area contributed by atoms with E-state index in [9.17, 15) is 9.59 Å². The van der Waals surface area contributed by atoms with Gasteiger partial charge in [-0.25, -0.2) is 9.20 Å². The van der Waals surface area contributed by atoms with Gasteiger partial charge in [-0.15, -0.1) is 0 Å². The number of allylic oxidation sites excluding steroid dienone is 1. The van der Waals surface area contributed by atoms with E-state index in [-0.39, 0.29) is 11.5 Å². The van der Waals surface area contributed by atoms with Gasteiger partial charge in [0.25, 0.3) is 5.56 Å². The summed E-state index contributed by atoms with van der Waals surface area (Å²) in [6, 6.07) is 19.4. The standard InChI is InChI=1S/C29H29N5O2/c35-26-16-15-23(28-25-14-6-7-19-33(25)31-29(28)21-10-2-1-3-11-21)30-34(26)24-13-5-4-12-22(24)20-27(36)32-17-8-9-18-32/h1-3,6-7,10-11,14-16,19H,4-5,8-9,12-13,17-18,20H2. The monoisotopic (exact) mass is 479 g/mol. The largest absolute Gasteiger partial charge is 0.342 e. The maximum absolute atomic E-state index is 13.1. The third-order valence-corrected chi connectivity index (χ3v) is 7.27. The van der Waals surface area contributed by atoms with Crippen LogP contribution in [-0.4, -0.2) is 43.3 Å². The number of nitrogens with zero attached hydrogens (tertiary/aromatic N) is 5. The van der Waals surface area contributed by atoms with Crippen LogP contribution in [0.3, 0.4) is 0 Å². The van der Waals surface area contributed by atoms with Gasteiger partial charge in [-0.05, 0) is 62.3 Å². The van der Waals surface area contributed by atoms with E-state index < -0.39 is 0 Å². The average molecular weight is 480 g/mol. The van der Waals surface area contributed by atoms with Crippen molar-refractivity contribution in [2.24, 2.45) is 0 Å². The van der Waals surface area contributed by atoms with Gasteiger partial charge >= 0.3 is 0 Å². The fraction of sp³-hybridized carbons (Fsp3) is 0.310. The Kier molecular flexibility index (Phi) is 5.97. The minimum absolute atomic E-state index is 0.167. The topological polar surface area (TPSA) is 72.5 Å². The predicted molar refractivity (Wildman–Crippen MR) is 140 cm³/mol. The molecule has 0 bridgehead atoms. The molecule has 0 radical (unpaired) electrons. The van der Waals surface area contributed by atoms with Gasteiger partial charge in [0.15, 0.2) is 0 Å². The molecule has 0 unspecified atom stereocenters. The maximum atomic E-state index is 13.1. The van der Waals surface area contributed by atoms with Gasteiger partial charge in [-0.1, -0.05) is 36.4 Å². The highest BCUT2D eigenvalue weighted by atomic mass is 16.2. The quantitative estimate of drug-likeness (QED) is 0.403. The molecule has 0 N–H and O–H groups in total. The minimum atomic E-state index is -0.167. The average Bonchev–Trinajstić information content (AvgIpc) is 3.59. The van der Waals surface area contributed by atoms with Crippen molar-refractivity contribution < 1.29 is 4.79 Å². The summed E-state index contributed by atoms with van der Waals surface area (Å²) in [6.07, 6.45) is 8.05. The number of hydrogen-bond acceptors (Lipinski definition) is 4. The number of benzene rings is 1. The molecule has 6 rings (SSSR count). The number of aromatic nitrogens is 4. The van der Waals surface area contributed by atoms with E-state index in [2.05, 4.69) is 0 Å². The van der Waals surface area contributed by atoms with Crippen molar-refractivity contribution in [1.82, 2.24) is 24.3 Å². The van der Waals surface area contributed by atoms with Crippen LogP contribution < -0.4 is 5.56 Å². The molecule has 1 aromatic carbocycles. The van der Waals surface area contributed by atoms with Crippen LogP contribution in [0.15, 0.2) is 77.2 Å². The van der Waals surface area contributed by atoms with Crippen molar-refractivity contribution in [2.75, 3.05) is 13.1 Å². The van der Waals surface area contributed by atoms with Crippen molar-refractivity contribution in [2.45, 2.75) is 44.9 Å². The van der Waals surface area contributed by atoms with E-state index in [0.29, 0.717) is 12.1 Å². The lowest BCUT2D eigenvalue weighted by molar-refractivity contribution is -0.129. The summed E-state index contributed by atoms with van der Waals surface area (Å²) in [4.78, 5) is 28.0. The zero-order valence-corrected chi connectivity index (χ0v) is 20.3. The molecule has 1 aliphatic heterocycles. The molecule has 2 aliphatic rings. The smallest absolute Gasteiger partial charge is 0.271 e. The molecule has 1 amide bonds. The molecule has 4 aromatic rings. The molecule has 7 heteroatoms. The fourth-order valence-electron chi connectivity index (χ4n) is 5.45. The van der Waals surface area contributed by atoms with Crippen molar-refractivity contribution in [1.29, 1.82) is 0 Å². The highest BCUT2D eigenvalue weighted by Gasteiger charge is 2.24. The molecule has 7 nitrogen and oxygen atoms in total. The van der Waals surface area contributed by atoms with Crippen molar-refractivity contribution >= 4 is 17.1 Å². The summed E-state index contributed by atoms with van der Waals surface area (Å²) < 4.78 is 3.40. The number of amides is 1. The molecule has 1 fully saturated rings. The van der Waals surface area contributed by atoms with E-state index in [0.717, 1.165) is 85.2 Å². The first-order chi connectivity index (χ1) is 17.7. The Morgan fingerprint density at radius 2 is 1.61 bits per heavy atom. The van der Waals surface area contributed by atoms with Crippen molar-refractivity contribution in [3.63, 3.8) is 0 Å². The number of carbonyl (C=O) groups is 1. The second-order valence-electron chi connectivity index (χ2n) is 9.61. The maximum Gasteiger partial charge on any atom is 0.271 e. The second-order valence-corrected chi connectivity index (χ2v) is 9.61. The van der Waals surface area contributed by atoms with Crippen LogP contribution in [0.1, 0.15) is 44.9 Å². The lowest BCUT2D eigenvalue weighted by atomic mass is 9.93. The molecule has 0 spiro atoms. The van der Waals surface area contributed by atoms with E-state index in [4.69, 9.17) is 10.2 Å². The number of fused-ring (bicyclic) bond motifs is 1. The molecular weight excluding hydrogens is 450 g/mol. The van der Waals surface area contributed by atoms with Gasteiger partial charge in [-0.2, -0.15) is 10.2 Å². The highest BCUT2D eigenvalue weighted by Crippen LogP contribution is 2.35. The van der Waals surface area contributed by atoms with Crippen LogP contribution in [0.5, 0.6) is 0 Å². The predicted octanol–water partition coefficient (Wildman–Crippen LogP) is 5.02. The Morgan fingerprint density at radius 3 is 2.44 bits per heavy atom. The molecule has 4 heterocycles. The van der Waals surface area contributed by atoms with Crippen molar-refractivity contribution in [3.05, 3.63) is 82.8 Å². The summed E-state index contributed by atoms with van der Waals surface area (Å²) in [5.41, 5.74) is 6.09. The number of rotatable bonds is 5. The van der Waals surface area contributed by atoms with Gasteiger partial charge in [0.1, 0.15) is 5.69 Å². The normalized spacial score (nSPS) is 16.2. The zero-order valence-electron chi connectivity index (χ0n) is 20.3. The molecule has 0 atom stereocenters. The van der Waals surface area contributed by atoms with Gasteiger partial charge in [0.05, 0.1) is 16.8 Å². The Morgan fingerprint density at radius 1 is 0.833 bits per heavy atom. The summed E-state index contributed by atoms with van der Waals surface area (Å²) in [5.74, 6) is 0.167.